The Balaban J connectivity index is 1.88. The molecule has 2 aliphatic rings. The zero-order chi connectivity index (χ0) is 16.4. The van der Waals surface area contributed by atoms with E-state index in [4.69, 9.17) is 19.9 Å². The Morgan fingerprint density at radius 3 is 2.87 bits per heavy atom. The van der Waals surface area contributed by atoms with Crippen molar-refractivity contribution in [3.05, 3.63) is 23.8 Å². The molecule has 23 heavy (non-hydrogen) atoms. The molecule has 2 amide bonds. The normalized spacial score (nSPS) is 22.4. The summed E-state index contributed by atoms with van der Waals surface area (Å²) in [6.45, 7) is 1.02. The number of benzene rings is 1. The summed E-state index contributed by atoms with van der Waals surface area (Å²) in [7, 11) is 1.56. The van der Waals surface area contributed by atoms with Crippen LogP contribution >= 0.6 is 0 Å². The van der Waals surface area contributed by atoms with E-state index in [9.17, 15) is 9.59 Å². The highest BCUT2D eigenvalue weighted by atomic mass is 16.7. The van der Waals surface area contributed by atoms with Crippen LogP contribution in [0, 0.1) is 0 Å². The van der Waals surface area contributed by atoms with Gasteiger partial charge in [-0.2, -0.15) is 0 Å². The van der Waals surface area contributed by atoms with E-state index in [0.29, 0.717) is 30.0 Å². The van der Waals surface area contributed by atoms with Gasteiger partial charge in [0.1, 0.15) is 0 Å². The van der Waals surface area contributed by atoms with Crippen LogP contribution in [0.15, 0.2) is 18.2 Å². The van der Waals surface area contributed by atoms with Gasteiger partial charge in [0.15, 0.2) is 11.5 Å². The molecule has 2 heterocycles. The van der Waals surface area contributed by atoms with Crippen LogP contribution in [0.3, 0.4) is 0 Å². The molecule has 0 aromatic heterocycles. The number of rotatable bonds is 5. The second kappa shape index (κ2) is 6.08. The maximum absolute atomic E-state index is 12.9. The smallest absolute Gasteiger partial charge is 0.254 e. The van der Waals surface area contributed by atoms with Crippen molar-refractivity contribution in [2.45, 2.75) is 24.8 Å². The van der Waals surface area contributed by atoms with Crippen LogP contribution in [-0.2, 0) is 9.53 Å². The van der Waals surface area contributed by atoms with Crippen molar-refractivity contribution in [3.8, 4) is 11.5 Å². The standard InChI is InChI=1S/C16H20N2O5/c1-21-9-16(8-14(17)19)5-2-6-18(16)15(20)11-3-4-12-13(7-11)23-10-22-12/h3-4,7H,2,5-6,8-10H2,1H3,(H2,17,19)/t16-/m0/s1. The van der Waals surface area contributed by atoms with Crippen molar-refractivity contribution in [2.24, 2.45) is 5.73 Å². The van der Waals surface area contributed by atoms with Gasteiger partial charge in [0.25, 0.3) is 5.91 Å². The lowest BCUT2D eigenvalue weighted by atomic mass is 9.92. The summed E-state index contributed by atoms with van der Waals surface area (Å²) in [5.41, 5.74) is 5.22. The van der Waals surface area contributed by atoms with E-state index >= 15 is 0 Å². The number of likely N-dealkylation sites (tertiary alicyclic amines) is 1. The molecule has 1 aromatic rings. The van der Waals surface area contributed by atoms with E-state index in [-0.39, 0.29) is 25.7 Å². The molecule has 1 aromatic carbocycles. The first-order valence-electron chi connectivity index (χ1n) is 7.55. The highest BCUT2D eigenvalue weighted by molar-refractivity contribution is 5.96. The fourth-order valence-corrected chi connectivity index (χ4v) is 3.42. The van der Waals surface area contributed by atoms with Crippen molar-refractivity contribution in [1.82, 2.24) is 4.90 Å². The number of amides is 2. The molecule has 0 bridgehead atoms. The van der Waals surface area contributed by atoms with Crippen molar-refractivity contribution in [2.75, 3.05) is 27.1 Å². The molecule has 1 saturated heterocycles. The monoisotopic (exact) mass is 320 g/mol. The zero-order valence-electron chi connectivity index (χ0n) is 13.0. The molecule has 0 aliphatic carbocycles. The largest absolute Gasteiger partial charge is 0.454 e. The predicted octanol–water partition coefficient (Wildman–Crippen LogP) is 0.912. The second-order valence-corrected chi connectivity index (χ2v) is 5.93. The first-order valence-corrected chi connectivity index (χ1v) is 7.55. The topological polar surface area (TPSA) is 91.1 Å². The maximum atomic E-state index is 12.9. The van der Waals surface area contributed by atoms with Gasteiger partial charge < -0.3 is 24.8 Å². The number of primary amides is 1. The first kappa shape index (κ1) is 15.6. The second-order valence-electron chi connectivity index (χ2n) is 5.93. The number of hydrogen-bond donors (Lipinski definition) is 1. The van der Waals surface area contributed by atoms with Crippen LogP contribution < -0.4 is 15.2 Å². The molecule has 124 valence electrons. The Bertz CT molecular complexity index is 633. The van der Waals surface area contributed by atoms with E-state index in [2.05, 4.69) is 0 Å². The van der Waals surface area contributed by atoms with Gasteiger partial charge in [-0.1, -0.05) is 0 Å². The summed E-state index contributed by atoms with van der Waals surface area (Å²) in [5, 5.41) is 0. The molecule has 1 fully saturated rings. The molecule has 1 atom stereocenters. The van der Waals surface area contributed by atoms with Crippen LogP contribution in [0.1, 0.15) is 29.6 Å². The highest BCUT2D eigenvalue weighted by Crippen LogP contribution is 2.37. The zero-order valence-corrected chi connectivity index (χ0v) is 13.0. The van der Waals surface area contributed by atoms with Gasteiger partial charge in [0.2, 0.25) is 12.7 Å². The Kier molecular flexibility index (Phi) is 4.12. The van der Waals surface area contributed by atoms with Gasteiger partial charge >= 0.3 is 0 Å². The third-order valence-electron chi connectivity index (χ3n) is 4.38. The molecule has 0 saturated carbocycles. The van der Waals surface area contributed by atoms with E-state index < -0.39 is 11.4 Å². The van der Waals surface area contributed by atoms with Gasteiger partial charge in [-0.05, 0) is 31.0 Å². The average Bonchev–Trinajstić information content (AvgIpc) is 3.12. The molecule has 0 radical (unpaired) electrons. The Morgan fingerprint density at radius 1 is 1.35 bits per heavy atom. The first-order chi connectivity index (χ1) is 11.1. The lowest BCUT2D eigenvalue weighted by Gasteiger charge is -2.37. The van der Waals surface area contributed by atoms with Crippen molar-refractivity contribution < 1.29 is 23.8 Å². The van der Waals surface area contributed by atoms with Gasteiger partial charge in [0.05, 0.1) is 18.6 Å². The predicted molar refractivity (Wildman–Crippen MR) is 81.3 cm³/mol. The molecule has 0 spiro atoms. The Labute approximate surface area is 134 Å². The minimum absolute atomic E-state index is 0.0944. The summed E-state index contributed by atoms with van der Waals surface area (Å²) >= 11 is 0. The molecule has 7 heteroatoms. The lowest BCUT2D eigenvalue weighted by molar-refractivity contribution is -0.121. The summed E-state index contributed by atoms with van der Waals surface area (Å²) in [4.78, 5) is 26.1. The van der Waals surface area contributed by atoms with Crippen LogP contribution in [-0.4, -0.2) is 49.3 Å². The van der Waals surface area contributed by atoms with E-state index in [1.54, 1.807) is 30.2 Å². The minimum Gasteiger partial charge on any atom is -0.454 e. The fourth-order valence-electron chi connectivity index (χ4n) is 3.42. The van der Waals surface area contributed by atoms with E-state index in [1.165, 1.54) is 0 Å². The van der Waals surface area contributed by atoms with Gasteiger partial charge in [-0.25, -0.2) is 0 Å². The van der Waals surface area contributed by atoms with E-state index in [1.807, 2.05) is 0 Å². The fraction of sp³-hybridized carbons (Fsp3) is 0.500. The quantitative estimate of drug-likeness (QED) is 0.871. The minimum atomic E-state index is -0.673. The summed E-state index contributed by atoms with van der Waals surface area (Å²) in [6.07, 6.45) is 1.60. The third-order valence-corrected chi connectivity index (χ3v) is 4.38. The van der Waals surface area contributed by atoms with Crippen LogP contribution in [0.5, 0.6) is 11.5 Å². The van der Waals surface area contributed by atoms with Gasteiger partial charge in [0, 0.05) is 19.2 Å². The molecular formula is C16H20N2O5. The number of ether oxygens (including phenoxy) is 3. The Morgan fingerprint density at radius 2 is 2.13 bits per heavy atom. The van der Waals surface area contributed by atoms with Crippen molar-refractivity contribution in [3.63, 3.8) is 0 Å². The molecule has 2 N–H and O–H groups in total. The number of fused-ring (bicyclic) bond motifs is 1. The summed E-state index contributed by atoms with van der Waals surface area (Å²) < 4.78 is 15.9. The Hall–Kier alpha value is -2.28. The third kappa shape index (κ3) is 2.84. The van der Waals surface area contributed by atoms with Gasteiger partial charge in [-0.15, -0.1) is 0 Å². The van der Waals surface area contributed by atoms with Crippen LogP contribution in [0.4, 0.5) is 0 Å². The molecule has 2 aliphatic heterocycles. The van der Waals surface area contributed by atoms with E-state index in [0.717, 1.165) is 6.42 Å². The number of methoxy groups -OCH3 is 1. The number of hydrogen-bond acceptors (Lipinski definition) is 5. The summed E-state index contributed by atoms with van der Waals surface area (Å²) in [6, 6.07) is 5.10. The number of carbonyl (C=O) groups is 2. The number of nitrogens with two attached hydrogens (primary N) is 1. The number of nitrogens with zero attached hydrogens (tertiary/aromatic N) is 1. The van der Waals surface area contributed by atoms with Crippen LogP contribution in [0.2, 0.25) is 0 Å². The SMILES string of the molecule is COC[C@@]1(CC(N)=O)CCCN1C(=O)c1ccc2c(c1)OCO2. The number of carbonyl (C=O) groups excluding carboxylic acids is 2. The molecule has 7 nitrogen and oxygen atoms in total. The van der Waals surface area contributed by atoms with Crippen molar-refractivity contribution >= 4 is 11.8 Å². The molecule has 3 rings (SSSR count). The van der Waals surface area contributed by atoms with Crippen molar-refractivity contribution in [1.29, 1.82) is 0 Å². The average molecular weight is 320 g/mol. The highest BCUT2D eigenvalue weighted by Gasteiger charge is 2.45. The molecular weight excluding hydrogens is 300 g/mol. The lowest BCUT2D eigenvalue weighted by Crippen LogP contribution is -2.52. The van der Waals surface area contributed by atoms with Crippen LogP contribution in [0.25, 0.3) is 0 Å². The summed E-state index contributed by atoms with van der Waals surface area (Å²) in [5.74, 6) is 0.595. The maximum Gasteiger partial charge on any atom is 0.254 e. The molecule has 0 unspecified atom stereocenters. The van der Waals surface area contributed by atoms with Gasteiger partial charge in [-0.3, -0.25) is 9.59 Å².